The Morgan fingerprint density at radius 2 is 1.57 bits per heavy atom. The fourth-order valence-electron chi connectivity index (χ4n) is 9.85. The smallest absolute Gasteiger partial charge is 0.308 e. The number of likely N-dealkylation sites (N-methyl/N-ethyl adjacent to an activating group) is 1. The number of carbonyl (C=O) groups excluding carboxylic acids is 2. The van der Waals surface area contributed by atoms with E-state index in [2.05, 4.69) is 21.7 Å². The quantitative estimate of drug-likeness (QED) is 0.177. The average Bonchev–Trinajstić information content (AvgIpc) is 3.32. The lowest BCUT2D eigenvalue weighted by molar-refractivity contribution is -0.304. The maximum absolute atomic E-state index is 14.2. The van der Waals surface area contributed by atoms with Gasteiger partial charge in [0.25, 0.3) is 0 Å². The summed E-state index contributed by atoms with van der Waals surface area (Å²) in [6.07, 6.45) is -1.69. The van der Waals surface area contributed by atoms with Crippen LogP contribution in [0.2, 0.25) is 0 Å². The van der Waals surface area contributed by atoms with Gasteiger partial charge in [0.1, 0.15) is 30.5 Å². The lowest BCUT2D eigenvalue weighted by Gasteiger charge is -2.47. The number of aliphatic hydroxyl groups is 3. The number of ketones is 1. The molecule has 17 atom stereocenters. The number of rotatable bonds is 14. The van der Waals surface area contributed by atoms with Gasteiger partial charge in [0.2, 0.25) is 0 Å². The standard InChI is InChI=1S/C53H79N3O13/c1-13-42-39(30-65-53-51(64-12)50(63-11)47(60)35(6)67-53)25-31(2)20-21-41(57)32(3)26-38(22-24-56(9)23-16-17-36-27-37-18-14-15-19-40(37)54-29-36)49(33(4)43(62-10)28-44(58)68-42)69-52-48(61)45(55(7)8)46(59)34(5)66-52/h14-15,18-21,25,27,29,32-35,38-39,42-43,45-53,59-61H,13,22-24,26,28,30H2,1-12H3/b21-20+,31-25+/t32-,33+,34-,35-,38+,39-,42-,43-,45+,46-,47-,48-,49-,50-,51-,52?,53-/m1/s1. The first kappa shape index (κ1) is 56.2. The molecule has 69 heavy (non-hydrogen) atoms. The number of pyridine rings is 1. The molecule has 0 radical (unpaired) electrons. The molecule has 2 saturated heterocycles. The minimum Gasteiger partial charge on any atom is -0.462 e. The molecule has 1 aromatic carbocycles. The first-order valence-corrected chi connectivity index (χ1v) is 24.4. The maximum atomic E-state index is 14.2. The molecule has 16 heteroatoms. The zero-order valence-electron chi connectivity index (χ0n) is 42.7. The van der Waals surface area contributed by atoms with E-state index in [1.54, 1.807) is 58.3 Å². The second-order valence-electron chi connectivity index (χ2n) is 19.4. The van der Waals surface area contributed by atoms with Crippen LogP contribution in [0.5, 0.6) is 0 Å². The van der Waals surface area contributed by atoms with Crippen LogP contribution in [0.15, 0.2) is 60.3 Å². The zero-order valence-corrected chi connectivity index (χ0v) is 42.7. The highest BCUT2D eigenvalue weighted by atomic mass is 16.7. The predicted molar refractivity (Wildman–Crippen MR) is 261 cm³/mol. The van der Waals surface area contributed by atoms with Crippen molar-refractivity contribution < 1.29 is 62.8 Å². The summed E-state index contributed by atoms with van der Waals surface area (Å²) in [7, 11) is 10.1. The number of ether oxygens (including phenoxy) is 8. The molecule has 1 unspecified atom stereocenters. The number of nitrogens with zero attached hydrogens (tertiary/aromatic N) is 3. The molecule has 0 amide bonds. The van der Waals surface area contributed by atoms with Gasteiger partial charge in [-0.3, -0.25) is 19.5 Å². The van der Waals surface area contributed by atoms with Gasteiger partial charge in [0, 0.05) is 56.2 Å². The van der Waals surface area contributed by atoms with E-state index < -0.39 is 103 Å². The zero-order chi connectivity index (χ0) is 50.5. The number of aliphatic hydroxyl groups excluding tert-OH is 3. The van der Waals surface area contributed by atoms with E-state index >= 15 is 0 Å². The van der Waals surface area contributed by atoms with E-state index in [0.29, 0.717) is 32.4 Å². The molecule has 4 heterocycles. The van der Waals surface area contributed by atoms with Crippen LogP contribution in [0.4, 0.5) is 0 Å². The van der Waals surface area contributed by atoms with Gasteiger partial charge in [-0.05, 0) is 91.8 Å². The first-order valence-electron chi connectivity index (χ1n) is 24.4. The first-order chi connectivity index (χ1) is 32.9. The minimum absolute atomic E-state index is 0.0538. The Kier molecular flexibility index (Phi) is 21.8. The van der Waals surface area contributed by atoms with Crippen molar-refractivity contribution in [2.75, 3.05) is 62.2 Å². The molecule has 3 aliphatic heterocycles. The number of para-hydroxylation sites is 1. The molecular formula is C53H79N3O13. The number of aromatic nitrogens is 1. The second-order valence-corrected chi connectivity index (χ2v) is 19.4. The third kappa shape index (κ3) is 14.9. The third-order valence-electron chi connectivity index (χ3n) is 14.0. The van der Waals surface area contributed by atoms with Gasteiger partial charge >= 0.3 is 5.97 Å². The number of benzene rings is 1. The Morgan fingerprint density at radius 3 is 2.25 bits per heavy atom. The lowest BCUT2D eigenvalue weighted by Crippen LogP contribution is -2.63. The topological polar surface area (TPSA) is 188 Å². The average molecular weight is 966 g/mol. The van der Waals surface area contributed by atoms with Crippen LogP contribution in [0.1, 0.15) is 72.8 Å². The Hall–Kier alpha value is -3.67. The number of fused-ring (bicyclic) bond motifs is 1. The van der Waals surface area contributed by atoms with Crippen LogP contribution in [0, 0.1) is 35.5 Å². The van der Waals surface area contributed by atoms with Crippen molar-refractivity contribution in [3.05, 3.63) is 65.9 Å². The van der Waals surface area contributed by atoms with Crippen LogP contribution >= 0.6 is 0 Å². The molecule has 0 saturated carbocycles. The van der Waals surface area contributed by atoms with Gasteiger partial charge in [-0.15, -0.1) is 0 Å². The molecule has 16 nitrogen and oxygen atoms in total. The van der Waals surface area contributed by atoms with Crippen molar-refractivity contribution in [2.24, 2.45) is 23.7 Å². The molecule has 3 N–H and O–H groups in total. The van der Waals surface area contributed by atoms with E-state index in [4.69, 9.17) is 37.9 Å². The SMILES string of the molecule is CC[C@H]1OC(=O)C[C@@H](OC)[C@H](C)[C@@H](OC2O[C@H](C)[C@@H](O)[C@H](N(C)C)[C@H]2O)[C@@H](CCN(C)CC#Cc2cnc3ccccc3c2)C[C@@H](C)C(=O)/C=C/C(C)=C/[C@@H]1CO[C@@H]1O[C@H](C)[C@@H](O)[C@@H](OC)[C@H]1OC. The summed E-state index contributed by atoms with van der Waals surface area (Å²) in [5, 5.41) is 34.6. The summed E-state index contributed by atoms with van der Waals surface area (Å²) in [6, 6.07) is 9.24. The minimum atomic E-state index is -1.24. The summed E-state index contributed by atoms with van der Waals surface area (Å²) in [4.78, 5) is 36.7. The summed E-state index contributed by atoms with van der Waals surface area (Å²) < 4.78 is 49.3. The normalized spacial score (nSPS) is 36.7. The highest BCUT2D eigenvalue weighted by Gasteiger charge is 2.48. The van der Waals surface area contributed by atoms with Gasteiger partial charge in [0.05, 0.1) is 61.7 Å². The van der Waals surface area contributed by atoms with Crippen molar-refractivity contribution in [1.82, 2.24) is 14.8 Å². The summed E-state index contributed by atoms with van der Waals surface area (Å²) >= 11 is 0. The van der Waals surface area contributed by atoms with Gasteiger partial charge in [-0.1, -0.05) is 68.5 Å². The molecule has 0 aliphatic carbocycles. The van der Waals surface area contributed by atoms with Gasteiger partial charge in [0.15, 0.2) is 18.4 Å². The number of cyclic esters (lactones) is 1. The second kappa shape index (κ2) is 26.7. The van der Waals surface area contributed by atoms with Crippen molar-refractivity contribution in [3.8, 4) is 11.8 Å². The highest BCUT2D eigenvalue weighted by molar-refractivity contribution is 5.91. The number of allylic oxidation sites excluding steroid dienone is 3. The molecule has 0 spiro atoms. The molecule has 0 bridgehead atoms. The number of esters is 1. The predicted octanol–water partition coefficient (Wildman–Crippen LogP) is 4.55. The van der Waals surface area contributed by atoms with Crippen molar-refractivity contribution in [2.45, 2.75) is 147 Å². The summed E-state index contributed by atoms with van der Waals surface area (Å²) in [5.74, 6) is 4.21. The van der Waals surface area contributed by atoms with Crippen LogP contribution in [0.25, 0.3) is 10.9 Å². The van der Waals surface area contributed by atoms with Gasteiger partial charge in [-0.2, -0.15) is 0 Å². The molecule has 5 rings (SSSR count). The van der Waals surface area contributed by atoms with Crippen LogP contribution < -0.4 is 0 Å². The largest absolute Gasteiger partial charge is 0.462 e. The number of hydrogen-bond acceptors (Lipinski definition) is 16. The summed E-state index contributed by atoms with van der Waals surface area (Å²) in [6.45, 7) is 12.2. The molecule has 3 aliphatic rings. The number of methoxy groups -OCH3 is 3. The van der Waals surface area contributed by atoms with E-state index in [1.165, 1.54) is 14.2 Å². The van der Waals surface area contributed by atoms with Crippen LogP contribution in [-0.2, 0) is 47.5 Å². The maximum Gasteiger partial charge on any atom is 0.308 e. The Morgan fingerprint density at radius 1 is 0.870 bits per heavy atom. The molecule has 2 aromatic rings. The lowest BCUT2D eigenvalue weighted by atomic mass is 9.79. The van der Waals surface area contributed by atoms with Gasteiger partial charge < -0.3 is 58.1 Å². The third-order valence-corrected chi connectivity index (χ3v) is 14.0. The Balaban J connectivity index is 1.46. The molecular weight excluding hydrogens is 887 g/mol. The number of carbonyl (C=O) groups is 2. The van der Waals surface area contributed by atoms with E-state index in [0.717, 1.165) is 22.0 Å². The fraction of sp³-hybridized carbons (Fsp3) is 0.679. The number of hydrogen-bond donors (Lipinski definition) is 3. The van der Waals surface area contributed by atoms with Crippen molar-refractivity contribution in [1.29, 1.82) is 0 Å². The fourth-order valence-corrected chi connectivity index (χ4v) is 9.85. The van der Waals surface area contributed by atoms with Crippen LogP contribution in [-0.4, -0.2) is 184 Å². The Labute approximate surface area is 409 Å². The summed E-state index contributed by atoms with van der Waals surface area (Å²) in [5.41, 5.74) is 2.48. The van der Waals surface area contributed by atoms with Crippen LogP contribution in [0.3, 0.4) is 0 Å². The monoisotopic (exact) mass is 966 g/mol. The van der Waals surface area contributed by atoms with Crippen molar-refractivity contribution in [3.63, 3.8) is 0 Å². The Bertz CT molecular complexity index is 2070. The van der Waals surface area contributed by atoms with E-state index in [1.807, 2.05) is 71.2 Å². The molecule has 384 valence electrons. The molecule has 2 fully saturated rings. The van der Waals surface area contributed by atoms with E-state index in [9.17, 15) is 24.9 Å². The van der Waals surface area contributed by atoms with Crippen molar-refractivity contribution >= 4 is 22.7 Å². The van der Waals surface area contributed by atoms with Gasteiger partial charge in [-0.25, -0.2) is 0 Å². The van der Waals surface area contributed by atoms with E-state index in [-0.39, 0.29) is 24.7 Å². The highest BCUT2D eigenvalue weighted by Crippen LogP contribution is 2.36. The molecule has 1 aromatic heterocycles.